The van der Waals surface area contributed by atoms with Gasteiger partial charge in [0.15, 0.2) is 11.5 Å². The van der Waals surface area contributed by atoms with Crippen LogP contribution in [-0.4, -0.2) is 11.6 Å². The summed E-state index contributed by atoms with van der Waals surface area (Å²) in [6.45, 7) is 4.65. The van der Waals surface area contributed by atoms with Gasteiger partial charge in [0.2, 0.25) is 5.88 Å². The van der Waals surface area contributed by atoms with Crippen LogP contribution in [0.2, 0.25) is 0 Å². The van der Waals surface area contributed by atoms with Crippen molar-refractivity contribution in [3.63, 3.8) is 0 Å². The first-order valence-corrected chi connectivity index (χ1v) is 6.82. The standard InChI is InChI=1S/C16H20N2O2/c1-3-10-19-14-6-4-5-7-15(14)20-16-11-13(12(2)17)8-9-18-16/h4-9,11-12H,3,10,17H2,1-2H3/t12-/m0/s1. The Morgan fingerprint density at radius 3 is 2.65 bits per heavy atom. The van der Waals surface area contributed by atoms with E-state index in [0.29, 0.717) is 18.2 Å². The van der Waals surface area contributed by atoms with E-state index < -0.39 is 0 Å². The first-order valence-electron chi connectivity index (χ1n) is 6.82. The highest BCUT2D eigenvalue weighted by molar-refractivity contribution is 5.42. The van der Waals surface area contributed by atoms with Crippen molar-refractivity contribution in [3.8, 4) is 17.4 Å². The number of para-hydroxylation sites is 2. The molecule has 0 saturated heterocycles. The summed E-state index contributed by atoms with van der Waals surface area (Å²) in [4.78, 5) is 4.21. The predicted molar refractivity (Wildman–Crippen MR) is 79.1 cm³/mol. The van der Waals surface area contributed by atoms with Gasteiger partial charge in [0.1, 0.15) is 0 Å². The molecule has 0 spiro atoms. The summed E-state index contributed by atoms with van der Waals surface area (Å²) in [5.74, 6) is 1.91. The van der Waals surface area contributed by atoms with Gasteiger partial charge in [0.05, 0.1) is 6.61 Å². The average molecular weight is 272 g/mol. The minimum Gasteiger partial charge on any atom is -0.490 e. The Morgan fingerprint density at radius 1 is 1.20 bits per heavy atom. The second-order valence-electron chi connectivity index (χ2n) is 4.61. The van der Waals surface area contributed by atoms with Crippen molar-refractivity contribution >= 4 is 0 Å². The number of hydrogen-bond acceptors (Lipinski definition) is 4. The van der Waals surface area contributed by atoms with E-state index in [2.05, 4.69) is 11.9 Å². The fraction of sp³-hybridized carbons (Fsp3) is 0.312. The van der Waals surface area contributed by atoms with Crippen molar-refractivity contribution < 1.29 is 9.47 Å². The van der Waals surface area contributed by atoms with Gasteiger partial charge in [-0.05, 0) is 37.1 Å². The number of nitrogens with zero attached hydrogens (tertiary/aromatic N) is 1. The van der Waals surface area contributed by atoms with Gasteiger partial charge in [0.25, 0.3) is 0 Å². The van der Waals surface area contributed by atoms with Crippen molar-refractivity contribution in [2.75, 3.05) is 6.61 Å². The summed E-state index contributed by atoms with van der Waals surface area (Å²) in [6.07, 6.45) is 2.65. The molecular weight excluding hydrogens is 252 g/mol. The lowest BCUT2D eigenvalue weighted by atomic mass is 10.1. The van der Waals surface area contributed by atoms with Crippen LogP contribution in [0.5, 0.6) is 17.4 Å². The van der Waals surface area contributed by atoms with Crippen LogP contribution in [0.1, 0.15) is 31.9 Å². The Balaban J connectivity index is 2.19. The molecule has 0 fully saturated rings. The minimum absolute atomic E-state index is 0.0491. The van der Waals surface area contributed by atoms with Crippen molar-refractivity contribution in [3.05, 3.63) is 48.2 Å². The zero-order valence-electron chi connectivity index (χ0n) is 11.9. The molecule has 0 amide bonds. The third-order valence-corrected chi connectivity index (χ3v) is 2.81. The highest BCUT2D eigenvalue weighted by Crippen LogP contribution is 2.31. The van der Waals surface area contributed by atoms with E-state index in [4.69, 9.17) is 15.2 Å². The second-order valence-corrected chi connectivity index (χ2v) is 4.61. The fourth-order valence-corrected chi connectivity index (χ4v) is 1.74. The first kappa shape index (κ1) is 14.3. The van der Waals surface area contributed by atoms with Crippen LogP contribution < -0.4 is 15.2 Å². The fourth-order valence-electron chi connectivity index (χ4n) is 1.74. The van der Waals surface area contributed by atoms with Crippen LogP contribution >= 0.6 is 0 Å². The second kappa shape index (κ2) is 6.91. The lowest BCUT2D eigenvalue weighted by Crippen LogP contribution is -2.05. The molecule has 4 heteroatoms. The van der Waals surface area contributed by atoms with E-state index in [-0.39, 0.29) is 6.04 Å². The maximum absolute atomic E-state index is 5.86. The average Bonchev–Trinajstić information content (AvgIpc) is 2.46. The zero-order valence-corrected chi connectivity index (χ0v) is 11.9. The molecule has 1 atom stereocenters. The summed E-state index contributed by atoms with van der Waals surface area (Å²) < 4.78 is 11.5. The monoisotopic (exact) mass is 272 g/mol. The number of nitrogens with two attached hydrogens (primary N) is 1. The quantitative estimate of drug-likeness (QED) is 0.871. The van der Waals surface area contributed by atoms with E-state index in [1.807, 2.05) is 43.3 Å². The highest BCUT2D eigenvalue weighted by atomic mass is 16.5. The zero-order chi connectivity index (χ0) is 14.4. The van der Waals surface area contributed by atoms with E-state index in [0.717, 1.165) is 17.7 Å². The minimum atomic E-state index is -0.0491. The molecule has 0 aliphatic carbocycles. The number of pyridine rings is 1. The van der Waals surface area contributed by atoms with Crippen molar-refractivity contribution in [2.24, 2.45) is 5.73 Å². The molecule has 0 aliphatic heterocycles. The molecule has 20 heavy (non-hydrogen) atoms. The molecule has 2 aromatic rings. The Labute approximate surface area is 119 Å². The normalized spacial score (nSPS) is 11.9. The molecule has 1 heterocycles. The molecular formula is C16H20N2O2. The molecule has 2 rings (SSSR count). The number of rotatable bonds is 6. The topological polar surface area (TPSA) is 57.4 Å². The predicted octanol–water partition coefficient (Wildman–Crippen LogP) is 3.68. The molecule has 0 aliphatic rings. The Morgan fingerprint density at radius 2 is 1.95 bits per heavy atom. The molecule has 1 aromatic carbocycles. The summed E-state index contributed by atoms with van der Waals surface area (Å²) in [6, 6.07) is 11.3. The van der Waals surface area contributed by atoms with Gasteiger partial charge in [-0.2, -0.15) is 0 Å². The van der Waals surface area contributed by atoms with Gasteiger partial charge in [-0.1, -0.05) is 19.1 Å². The number of aromatic nitrogens is 1. The van der Waals surface area contributed by atoms with Crippen LogP contribution in [0.25, 0.3) is 0 Å². The van der Waals surface area contributed by atoms with Crippen molar-refractivity contribution in [1.82, 2.24) is 4.98 Å². The number of benzene rings is 1. The lowest BCUT2D eigenvalue weighted by Gasteiger charge is -2.12. The summed E-state index contributed by atoms with van der Waals surface area (Å²) in [5, 5.41) is 0. The van der Waals surface area contributed by atoms with E-state index in [1.54, 1.807) is 6.20 Å². The van der Waals surface area contributed by atoms with E-state index >= 15 is 0 Å². The number of ether oxygens (including phenoxy) is 2. The highest BCUT2D eigenvalue weighted by Gasteiger charge is 2.08. The molecule has 1 aromatic heterocycles. The van der Waals surface area contributed by atoms with Gasteiger partial charge in [0, 0.05) is 18.3 Å². The van der Waals surface area contributed by atoms with Crippen LogP contribution in [0.3, 0.4) is 0 Å². The smallest absolute Gasteiger partial charge is 0.219 e. The summed E-state index contributed by atoms with van der Waals surface area (Å²) in [7, 11) is 0. The summed E-state index contributed by atoms with van der Waals surface area (Å²) in [5.41, 5.74) is 6.85. The Bertz CT molecular complexity index is 556. The first-order chi connectivity index (χ1) is 9.70. The lowest BCUT2D eigenvalue weighted by molar-refractivity contribution is 0.300. The molecule has 0 saturated carbocycles. The SMILES string of the molecule is CCCOc1ccccc1Oc1cc([C@H](C)N)ccn1. The van der Waals surface area contributed by atoms with Crippen molar-refractivity contribution in [2.45, 2.75) is 26.3 Å². The van der Waals surface area contributed by atoms with E-state index in [9.17, 15) is 0 Å². The maximum atomic E-state index is 5.86. The van der Waals surface area contributed by atoms with Gasteiger partial charge in [-0.3, -0.25) is 0 Å². The van der Waals surface area contributed by atoms with Gasteiger partial charge >= 0.3 is 0 Å². The third-order valence-electron chi connectivity index (χ3n) is 2.81. The van der Waals surface area contributed by atoms with Crippen LogP contribution in [-0.2, 0) is 0 Å². The largest absolute Gasteiger partial charge is 0.490 e. The third kappa shape index (κ3) is 3.71. The van der Waals surface area contributed by atoms with E-state index in [1.165, 1.54) is 0 Å². The Kier molecular flexibility index (Phi) is 4.96. The molecule has 106 valence electrons. The molecule has 0 bridgehead atoms. The Hall–Kier alpha value is -2.07. The molecule has 4 nitrogen and oxygen atoms in total. The van der Waals surface area contributed by atoms with Crippen LogP contribution in [0, 0.1) is 0 Å². The number of hydrogen-bond donors (Lipinski definition) is 1. The van der Waals surface area contributed by atoms with Gasteiger partial charge < -0.3 is 15.2 Å². The van der Waals surface area contributed by atoms with Crippen LogP contribution in [0.4, 0.5) is 0 Å². The van der Waals surface area contributed by atoms with Gasteiger partial charge in [-0.25, -0.2) is 4.98 Å². The van der Waals surface area contributed by atoms with Crippen molar-refractivity contribution in [1.29, 1.82) is 0 Å². The van der Waals surface area contributed by atoms with Crippen LogP contribution in [0.15, 0.2) is 42.6 Å². The summed E-state index contributed by atoms with van der Waals surface area (Å²) >= 11 is 0. The maximum Gasteiger partial charge on any atom is 0.219 e. The van der Waals surface area contributed by atoms with Gasteiger partial charge in [-0.15, -0.1) is 0 Å². The molecule has 0 unspecified atom stereocenters. The molecule has 2 N–H and O–H groups in total. The molecule has 0 radical (unpaired) electrons.